The number of nitro benzene ring substituents is 1. The molecule has 5 nitrogen and oxygen atoms in total. The highest BCUT2D eigenvalue weighted by molar-refractivity contribution is 9.10. The number of nitrogens with one attached hydrogen (secondary N) is 1. The van der Waals surface area contributed by atoms with E-state index in [-0.39, 0.29) is 5.69 Å². The molecule has 0 bridgehead atoms. The third-order valence-electron chi connectivity index (χ3n) is 2.14. The lowest BCUT2D eigenvalue weighted by atomic mass is 10.2. The Morgan fingerprint density at radius 2 is 2.24 bits per heavy atom. The van der Waals surface area contributed by atoms with Crippen molar-refractivity contribution in [1.82, 2.24) is 5.32 Å². The monoisotopic (exact) mass is 320 g/mol. The number of hydrogen-bond acceptors (Lipinski definition) is 4. The van der Waals surface area contributed by atoms with Gasteiger partial charge in [-0.25, -0.2) is 0 Å². The molecule has 0 aliphatic carbocycles. The van der Waals surface area contributed by atoms with Crippen molar-refractivity contribution in [2.45, 2.75) is 6.54 Å². The maximum absolute atomic E-state index is 10.8. The maximum Gasteiger partial charge on any atom is 0.283 e. The molecule has 0 saturated carbocycles. The van der Waals surface area contributed by atoms with Crippen LogP contribution in [0, 0.1) is 10.1 Å². The van der Waals surface area contributed by atoms with Crippen LogP contribution in [0.5, 0.6) is 0 Å². The van der Waals surface area contributed by atoms with Gasteiger partial charge in [0.25, 0.3) is 5.69 Å². The molecule has 1 N–H and O–H groups in total. The van der Waals surface area contributed by atoms with Crippen LogP contribution in [0.4, 0.5) is 5.69 Å². The second kappa shape index (κ2) is 6.83. The lowest BCUT2D eigenvalue weighted by molar-refractivity contribution is -0.385. The molecule has 1 aromatic rings. The van der Waals surface area contributed by atoms with E-state index in [0.29, 0.717) is 23.3 Å². The number of rotatable bonds is 6. The van der Waals surface area contributed by atoms with E-state index in [2.05, 4.69) is 21.2 Å². The van der Waals surface area contributed by atoms with E-state index in [1.54, 1.807) is 12.3 Å². The molecule has 0 aromatic heterocycles. The van der Waals surface area contributed by atoms with Gasteiger partial charge in [0.05, 0.1) is 9.40 Å². The first-order chi connectivity index (χ1) is 8.02. The minimum atomic E-state index is -0.823. The molecule has 0 spiro atoms. The normalized spacial score (nSPS) is 12.4. The highest BCUT2D eigenvalue weighted by Gasteiger charge is 2.14. The number of halogens is 1. The zero-order valence-corrected chi connectivity index (χ0v) is 11.7. The lowest BCUT2D eigenvalue weighted by Gasteiger charge is -2.06. The minimum absolute atomic E-state index is 0.0587. The SMILES string of the molecule is CS(=O)CCNCc1cccc([N+](=O)[O-])c1Br. The first-order valence-electron chi connectivity index (χ1n) is 4.95. The molecular weight excluding hydrogens is 308 g/mol. The summed E-state index contributed by atoms with van der Waals surface area (Å²) in [4.78, 5) is 10.3. The van der Waals surface area contributed by atoms with Gasteiger partial charge in [-0.2, -0.15) is 0 Å². The summed E-state index contributed by atoms with van der Waals surface area (Å²) in [6.07, 6.45) is 1.64. The average molecular weight is 321 g/mol. The van der Waals surface area contributed by atoms with E-state index in [0.717, 1.165) is 5.56 Å². The van der Waals surface area contributed by atoms with Crippen LogP contribution in [0.3, 0.4) is 0 Å². The predicted octanol–water partition coefficient (Wildman–Crippen LogP) is 1.83. The van der Waals surface area contributed by atoms with Crippen molar-refractivity contribution in [3.05, 3.63) is 38.3 Å². The molecule has 0 fully saturated rings. The van der Waals surface area contributed by atoms with E-state index in [9.17, 15) is 14.3 Å². The van der Waals surface area contributed by atoms with Gasteiger partial charge in [0.15, 0.2) is 0 Å². The average Bonchev–Trinajstić information content (AvgIpc) is 2.25. The summed E-state index contributed by atoms with van der Waals surface area (Å²) in [5, 5.41) is 13.8. The summed E-state index contributed by atoms with van der Waals surface area (Å²) in [5.41, 5.74) is 0.879. The van der Waals surface area contributed by atoms with Crippen LogP contribution in [-0.4, -0.2) is 27.7 Å². The summed E-state index contributed by atoms with van der Waals surface area (Å²) >= 11 is 3.22. The Morgan fingerprint density at radius 3 is 2.82 bits per heavy atom. The standard InChI is InChI=1S/C10H13BrN2O3S/c1-17(16)6-5-12-7-8-3-2-4-9(10(8)11)13(14)15/h2-4,12H,5-7H2,1H3. The summed E-state index contributed by atoms with van der Waals surface area (Å²) in [7, 11) is -0.823. The van der Waals surface area contributed by atoms with E-state index in [1.807, 2.05) is 6.07 Å². The Bertz CT molecular complexity index is 440. The first kappa shape index (κ1) is 14.3. The molecule has 0 aliphatic rings. The largest absolute Gasteiger partial charge is 0.312 e. The van der Waals surface area contributed by atoms with Crippen LogP contribution in [-0.2, 0) is 17.3 Å². The van der Waals surface area contributed by atoms with Crippen LogP contribution >= 0.6 is 15.9 Å². The summed E-state index contributed by atoms with van der Waals surface area (Å²) in [6, 6.07) is 4.92. The Kier molecular flexibility index (Phi) is 5.73. The molecule has 17 heavy (non-hydrogen) atoms. The smallest absolute Gasteiger partial charge is 0.283 e. The predicted molar refractivity (Wildman–Crippen MR) is 71.4 cm³/mol. The van der Waals surface area contributed by atoms with Gasteiger partial charge in [0.1, 0.15) is 0 Å². The van der Waals surface area contributed by atoms with Gasteiger partial charge in [-0.1, -0.05) is 12.1 Å². The topological polar surface area (TPSA) is 72.2 Å². The van der Waals surface area contributed by atoms with Gasteiger partial charge in [-0.15, -0.1) is 0 Å². The number of nitrogens with zero attached hydrogens (tertiary/aromatic N) is 1. The zero-order chi connectivity index (χ0) is 12.8. The molecule has 0 amide bonds. The van der Waals surface area contributed by atoms with E-state index in [4.69, 9.17) is 0 Å². The van der Waals surface area contributed by atoms with Crippen molar-refractivity contribution in [3.63, 3.8) is 0 Å². The minimum Gasteiger partial charge on any atom is -0.312 e. The van der Waals surface area contributed by atoms with Crippen molar-refractivity contribution in [2.24, 2.45) is 0 Å². The molecule has 94 valence electrons. The van der Waals surface area contributed by atoms with Gasteiger partial charge >= 0.3 is 0 Å². The Hall–Kier alpha value is -0.790. The van der Waals surface area contributed by atoms with Gasteiger partial charge in [-0.05, 0) is 21.5 Å². The van der Waals surface area contributed by atoms with Gasteiger partial charge < -0.3 is 5.32 Å². The molecule has 1 atom stereocenters. The fraction of sp³-hybridized carbons (Fsp3) is 0.400. The molecule has 0 saturated heterocycles. The van der Waals surface area contributed by atoms with E-state index in [1.165, 1.54) is 6.07 Å². The number of nitro groups is 1. The van der Waals surface area contributed by atoms with Crippen LogP contribution in [0.1, 0.15) is 5.56 Å². The van der Waals surface area contributed by atoms with Gasteiger partial charge in [-0.3, -0.25) is 14.3 Å². The molecular formula is C10H13BrN2O3S. The van der Waals surface area contributed by atoms with Crippen molar-refractivity contribution in [2.75, 3.05) is 18.6 Å². The molecule has 0 radical (unpaired) electrons. The number of hydrogen-bond donors (Lipinski definition) is 1. The highest BCUT2D eigenvalue weighted by atomic mass is 79.9. The van der Waals surface area contributed by atoms with Crippen LogP contribution < -0.4 is 5.32 Å². The molecule has 1 rings (SSSR count). The fourth-order valence-corrected chi connectivity index (χ4v) is 2.26. The van der Waals surface area contributed by atoms with E-state index >= 15 is 0 Å². The van der Waals surface area contributed by atoms with Crippen LogP contribution in [0.15, 0.2) is 22.7 Å². The fourth-order valence-electron chi connectivity index (χ4n) is 1.28. The Balaban J connectivity index is 2.62. The zero-order valence-electron chi connectivity index (χ0n) is 9.31. The van der Waals surface area contributed by atoms with E-state index < -0.39 is 15.7 Å². The molecule has 1 unspecified atom stereocenters. The van der Waals surface area contributed by atoms with Gasteiger partial charge in [0, 0.05) is 42.0 Å². The second-order valence-electron chi connectivity index (χ2n) is 3.46. The van der Waals surface area contributed by atoms with Crippen molar-refractivity contribution in [1.29, 1.82) is 0 Å². The third kappa shape index (κ3) is 4.53. The van der Waals surface area contributed by atoms with Crippen LogP contribution in [0.25, 0.3) is 0 Å². The molecule has 0 heterocycles. The summed E-state index contributed by atoms with van der Waals surface area (Å²) in [6.45, 7) is 1.14. The molecule has 7 heteroatoms. The van der Waals surface area contributed by atoms with Crippen LogP contribution in [0.2, 0.25) is 0 Å². The second-order valence-corrected chi connectivity index (χ2v) is 5.81. The Morgan fingerprint density at radius 1 is 1.53 bits per heavy atom. The van der Waals surface area contributed by atoms with Crippen molar-refractivity contribution >= 4 is 32.4 Å². The maximum atomic E-state index is 10.8. The van der Waals surface area contributed by atoms with Crippen molar-refractivity contribution in [3.8, 4) is 0 Å². The molecule has 0 aliphatic heterocycles. The van der Waals surface area contributed by atoms with Crippen molar-refractivity contribution < 1.29 is 9.13 Å². The quantitative estimate of drug-likeness (QED) is 0.493. The lowest BCUT2D eigenvalue weighted by Crippen LogP contribution is -2.19. The summed E-state index contributed by atoms with van der Waals surface area (Å²) in [5.74, 6) is 0.576. The highest BCUT2D eigenvalue weighted by Crippen LogP contribution is 2.27. The van der Waals surface area contributed by atoms with Gasteiger partial charge in [0.2, 0.25) is 0 Å². The summed E-state index contributed by atoms with van der Waals surface area (Å²) < 4.78 is 11.3. The third-order valence-corrected chi connectivity index (χ3v) is 3.83. The molecule has 1 aromatic carbocycles. The first-order valence-corrected chi connectivity index (χ1v) is 7.47. The Labute approximate surface area is 110 Å². The number of benzene rings is 1.